The van der Waals surface area contributed by atoms with Gasteiger partial charge in [0.15, 0.2) is 0 Å². The number of hydrogen-bond donors (Lipinski definition) is 1. The van der Waals surface area contributed by atoms with Crippen LogP contribution in [0.15, 0.2) is 23.0 Å². The largest absolute Gasteiger partial charge is 0.472 e. The number of carbonyl (C=O) groups is 1. The highest BCUT2D eigenvalue weighted by Crippen LogP contribution is 2.45. The summed E-state index contributed by atoms with van der Waals surface area (Å²) in [4.78, 5) is 11.9. The molecule has 1 aliphatic rings. The molecule has 84 valence electrons. The summed E-state index contributed by atoms with van der Waals surface area (Å²) in [6, 6.07) is 3.93. The van der Waals surface area contributed by atoms with E-state index in [1.807, 2.05) is 0 Å². The molecule has 0 radical (unpaired) electrons. The fourth-order valence-electron chi connectivity index (χ4n) is 2.20. The van der Waals surface area contributed by atoms with Crippen molar-refractivity contribution >= 4 is 5.91 Å². The van der Waals surface area contributed by atoms with Crippen molar-refractivity contribution in [2.45, 2.75) is 26.3 Å². The molecule has 0 saturated heterocycles. The lowest BCUT2D eigenvalue weighted by Gasteiger charge is -2.39. The van der Waals surface area contributed by atoms with Crippen LogP contribution in [0.1, 0.15) is 25.3 Å². The standard InChI is InChI=1S/C12H14N2O2/c1-9-4-12(5-9,8-13)11(15)14-6-10-2-3-16-7-10/h2-3,7,9H,4-6H2,1H3,(H,14,15). The number of amides is 1. The number of hydrogen-bond acceptors (Lipinski definition) is 3. The zero-order valence-electron chi connectivity index (χ0n) is 9.19. The van der Waals surface area contributed by atoms with E-state index in [0.29, 0.717) is 25.3 Å². The van der Waals surface area contributed by atoms with E-state index in [1.54, 1.807) is 18.6 Å². The molecule has 1 aliphatic carbocycles. The van der Waals surface area contributed by atoms with Crippen molar-refractivity contribution in [3.63, 3.8) is 0 Å². The summed E-state index contributed by atoms with van der Waals surface area (Å²) in [5, 5.41) is 11.8. The first-order valence-electron chi connectivity index (χ1n) is 5.37. The average Bonchev–Trinajstić information content (AvgIpc) is 2.73. The predicted octanol–water partition coefficient (Wildman–Crippen LogP) is 1.84. The molecule has 0 atom stereocenters. The van der Waals surface area contributed by atoms with Gasteiger partial charge in [-0.2, -0.15) is 5.26 Å². The normalized spacial score (nSPS) is 27.9. The molecule has 4 heteroatoms. The second kappa shape index (κ2) is 4.01. The van der Waals surface area contributed by atoms with E-state index in [-0.39, 0.29) is 5.91 Å². The second-order valence-corrected chi connectivity index (χ2v) is 4.52. The van der Waals surface area contributed by atoms with E-state index < -0.39 is 5.41 Å². The van der Waals surface area contributed by atoms with Crippen LogP contribution in [0.3, 0.4) is 0 Å². The summed E-state index contributed by atoms with van der Waals surface area (Å²) in [5.74, 6) is 0.314. The fraction of sp³-hybridized carbons (Fsp3) is 0.500. The molecule has 1 saturated carbocycles. The van der Waals surface area contributed by atoms with Gasteiger partial charge >= 0.3 is 0 Å². The Bertz CT molecular complexity index is 411. The molecule has 1 amide bonds. The SMILES string of the molecule is CC1CC(C#N)(C(=O)NCc2ccoc2)C1. The van der Waals surface area contributed by atoms with Crippen LogP contribution in [0, 0.1) is 22.7 Å². The molecule has 1 aromatic rings. The Morgan fingerprint density at radius 3 is 3.00 bits per heavy atom. The Morgan fingerprint density at radius 2 is 2.50 bits per heavy atom. The summed E-state index contributed by atoms with van der Waals surface area (Å²) in [7, 11) is 0. The highest BCUT2D eigenvalue weighted by molar-refractivity contribution is 5.86. The molecule has 1 heterocycles. The fourth-order valence-corrected chi connectivity index (χ4v) is 2.20. The Kier molecular flexibility index (Phi) is 2.69. The maximum atomic E-state index is 11.9. The average molecular weight is 218 g/mol. The van der Waals surface area contributed by atoms with Gasteiger partial charge in [-0.1, -0.05) is 6.92 Å². The maximum Gasteiger partial charge on any atom is 0.240 e. The van der Waals surface area contributed by atoms with Crippen molar-refractivity contribution in [3.05, 3.63) is 24.2 Å². The minimum absolute atomic E-state index is 0.158. The molecule has 2 rings (SSSR count). The summed E-state index contributed by atoms with van der Waals surface area (Å²) in [6.07, 6.45) is 4.48. The van der Waals surface area contributed by atoms with Gasteiger partial charge in [0.1, 0.15) is 5.41 Å². The number of furan rings is 1. The van der Waals surface area contributed by atoms with Gasteiger partial charge in [0, 0.05) is 12.1 Å². The smallest absolute Gasteiger partial charge is 0.240 e. The summed E-state index contributed by atoms with van der Waals surface area (Å²) in [5.41, 5.74) is 0.122. The van der Waals surface area contributed by atoms with Gasteiger partial charge in [0.05, 0.1) is 18.6 Å². The highest BCUT2D eigenvalue weighted by Gasteiger charge is 2.48. The first kappa shape index (κ1) is 10.7. The quantitative estimate of drug-likeness (QED) is 0.841. The van der Waals surface area contributed by atoms with Gasteiger partial charge in [0.2, 0.25) is 5.91 Å². The Hall–Kier alpha value is -1.76. The van der Waals surface area contributed by atoms with Crippen molar-refractivity contribution in [2.75, 3.05) is 0 Å². The third kappa shape index (κ3) is 1.81. The Morgan fingerprint density at radius 1 is 1.75 bits per heavy atom. The predicted molar refractivity (Wildman–Crippen MR) is 57.0 cm³/mol. The van der Waals surface area contributed by atoms with E-state index in [4.69, 9.17) is 9.68 Å². The van der Waals surface area contributed by atoms with Gasteiger partial charge in [-0.25, -0.2) is 0 Å². The zero-order valence-corrected chi connectivity index (χ0v) is 9.19. The minimum atomic E-state index is -0.789. The molecule has 1 aromatic heterocycles. The molecule has 0 unspecified atom stereocenters. The van der Waals surface area contributed by atoms with Gasteiger partial charge in [-0.05, 0) is 24.8 Å². The van der Waals surface area contributed by atoms with E-state index >= 15 is 0 Å². The molecular weight excluding hydrogens is 204 g/mol. The van der Waals surface area contributed by atoms with E-state index in [9.17, 15) is 4.79 Å². The van der Waals surface area contributed by atoms with Gasteiger partial charge in [-0.15, -0.1) is 0 Å². The van der Waals surface area contributed by atoms with Crippen LogP contribution >= 0.6 is 0 Å². The van der Waals surface area contributed by atoms with E-state index in [2.05, 4.69) is 18.3 Å². The van der Waals surface area contributed by atoms with Gasteiger partial charge < -0.3 is 9.73 Å². The van der Waals surface area contributed by atoms with Crippen molar-refractivity contribution in [3.8, 4) is 6.07 Å². The molecule has 0 bridgehead atoms. The molecule has 4 nitrogen and oxygen atoms in total. The van der Waals surface area contributed by atoms with Crippen LogP contribution in [-0.2, 0) is 11.3 Å². The second-order valence-electron chi connectivity index (χ2n) is 4.52. The third-order valence-electron chi connectivity index (χ3n) is 3.08. The van der Waals surface area contributed by atoms with Crippen LogP contribution in [0.4, 0.5) is 0 Å². The lowest BCUT2D eigenvalue weighted by Crippen LogP contribution is -2.47. The van der Waals surface area contributed by atoms with Gasteiger partial charge in [0.25, 0.3) is 0 Å². The Labute approximate surface area is 94.2 Å². The Balaban J connectivity index is 1.91. The molecule has 0 spiro atoms. The number of carbonyl (C=O) groups excluding carboxylic acids is 1. The molecule has 16 heavy (non-hydrogen) atoms. The lowest BCUT2D eigenvalue weighted by atomic mass is 9.63. The molecule has 0 aliphatic heterocycles. The highest BCUT2D eigenvalue weighted by atomic mass is 16.3. The van der Waals surface area contributed by atoms with E-state index in [1.165, 1.54) is 0 Å². The molecule has 1 N–H and O–H groups in total. The van der Waals surface area contributed by atoms with Crippen molar-refractivity contribution in [2.24, 2.45) is 11.3 Å². The number of nitrogens with zero attached hydrogens (tertiary/aromatic N) is 1. The van der Waals surface area contributed by atoms with Gasteiger partial charge in [-0.3, -0.25) is 4.79 Å². The minimum Gasteiger partial charge on any atom is -0.472 e. The summed E-state index contributed by atoms with van der Waals surface area (Å²) < 4.78 is 4.90. The molecule has 1 fully saturated rings. The lowest BCUT2D eigenvalue weighted by molar-refractivity contribution is -0.134. The van der Waals surface area contributed by atoms with Crippen molar-refractivity contribution in [1.29, 1.82) is 5.26 Å². The monoisotopic (exact) mass is 218 g/mol. The van der Waals surface area contributed by atoms with Crippen LogP contribution in [0.25, 0.3) is 0 Å². The number of nitriles is 1. The van der Waals surface area contributed by atoms with Crippen LogP contribution in [0.5, 0.6) is 0 Å². The first-order chi connectivity index (χ1) is 7.66. The summed E-state index contributed by atoms with van der Waals surface area (Å²) >= 11 is 0. The van der Waals surface area contributed by atoms with Crippen molar-refractivity contribution < 1.29 is 9.21 Å². The maximum absolute atomic E-state index is 11.9. The number of rotatable bonds is 3. The first-order valence-corrected chi connectivity index (χ1v) is 5.37. The number of nitrogens with one attached hydrogen (secondary N) is 1. The van der Waals surface area contributed by atoms with Crippen molar-refractivity contribution in [1.82, 2.24) is 5.32 Å². The van der Waals surface area contributed by atoms with E-state index in [0.717, 1.165) is 5.56 Å². The topological polar surface area (TPSA) is 66.0 Å². The third-order valence-corrected chi connectivity index (χ3v) is 3.08. The van der Waals surface area contributed by atoms with Crippen LogP contribution < -0.4 is 5.32 Å². The van der Waals surface area contributed by atoms with Crippen LogP contribution in [-0.4, -0.2) is 5.91 Å². The molecular formula is C12H14N2O2. The van der Waals surface area contributed by atoms with Crippen LogP contribution in [0.2, 0.25) is 0 Å². The summed E-state index contributed by atoms with van der Waals surface area (Å²) in [6.45, 7) is 2.48. The molecule has 0 aromatic carbocycles. The zero-order chi connectivity index (χ0) is 11.6.